The third kappa shape index (κ3) is 13.9. The molecule has 10 heterocycles. The normalized spacial score (nSPS) is 15.8. The minimum atomic E-state index is -3.54. The van der Waals surface area contributed by atoms with Gasteiger partial charge in [-0.2, -0.15) is 0 Å². The van der Waals surface area contributed by atoms with E-state index < -0.39 is 74.7 Å². The first kappa shape index (κ1) is 54.3. The number of aryl methyl sites for hydroxylation is 10. The highest BCUT2D eigenvalue weighted by molar-refractivity contribution is 6.12. The summed E-state index contributed by atoms with van der Waals surface area (Å²) in [5.74, 6) is -9.89. The molecule has 18 rings (SSSR count). The van der Waals surface area contributed by atoms with Gasteiger partial charge in [-0.3, -0.25) is 0 Å². The van der Waals surface area contributed by atoms with E-state index in [1.54, 1.807) is 66.7 Å². The van der Waals surface area contributed by atoms with Crippen molar-refractivity contribution >= 4 is 88.0 Å². The topological polar surface area (TPSA) is 93.9 Å². The van der Waals surface area contributed by atoms with Crippen molar-refractivity contribution in [1.82, 2.24) is 9.97 Å². The molecular formula is C98H92F2N6O4+4. The zero-order chi connectivity index (χ0) is 92.4. The molecule has 548 valence electrons. The number of furan rings is 4. The van der Waals surface area contributed by atoms with Gasteiger partial charge in [0.05, 0.1) is 22.3 Å². The summed E-state index contributed by atoms with van der Waals surface area (Å²) in [6, 6.07) is 62.0. The second-order valence-corrected chi connectivity index (χ2v) is 28.2. The van der Waals surface area contributed by atoms with Crippen molar-refractivity contribution in [3.63, 3.8) is 0 Å². The molecule has 110 heavy (non-hydrogen) atoms. The molecule has 0 spiro atoms. The Kier molecular flexibility index (Phi) is 14.8. The first-order valence-corrected chi connectivity index (χ1v) is 36.0. The van der Waals surface area contributed by atoms with Gasteiger partial charge in [-0.05, 0) is 200 Å². The van der Waals surface area contributed by atoms with Crippen LogP contribution in [0.3, 0.4) is 0 Å². The Morgan fingerprint density at radius 2 is 0.836 bits per heavy atom. The molecule has 0 fully saturated rings. The summed E-state index contributed by atoms with van der Waals surface area (Å²) in [6.45, 7) is -2.27. The van der Waals surface area contributed by atoms with Crippen molar-refractivity contribution in [1.29, 1.82) is 0 Å². The van der Waals surface area contributed by atoms with Crippen LogP contribution in [0.5, 0.6) is 0 Å². The standard InChI is InChI=1S/C31H31FNO.C29H27FNO.2C19H17N2O/c1-18(2)25-15-22(16-26(19(3)4)30(25)32)21-12-14-27(33(6)17-21)29-20(5)11-13-24-23-9-7-8-10-28(23)34-31(24)29;1-18(2)15-22-16-20(10-13-25(22)30)21-11-14-26(31(4)17-21)28-19(3)9-12-24-23-7-5-6-8-27(23)32-29(24)28;1-12-6-9-16(21(3)11-12)17-13(2)7-8-14-15-5-4-10-20-19(15)22-18(14)17;1-12-8-10-21(3)16(11-12)17-13(2)6-7-14-15-5-4-9-20-19(15)22-18(14)17/h7-19H,1-6H3;5-14,16-18H,15H2,1-4H3;2*4-11H,1-3H3/q4*+1/i1D3,2D3,3D3,18D,19D;1D3,18D;1D3;. The van der Waals surface area contributed by atoms with Crippen LogP contribution in [0, 0.1) is 59.0 Å². The molecule has 0 aliphatic heterocycles. The highest BCUT2D eigenvalue weighted by Crippen LogP contribution is 2.42. The lowest BCUT2D eigenvalue weighted by Gasteiger charge is -2.16. The van der Waals surface area contributed by atoms with E-state index in [9.17, 15) is 4.39 Å². The van der Waals surface area contributed by atoms with Crippen LogP contribution in [0.2, 0.25) is 0 Å². The Labute approximate surface area is 666 Å². The van der Waals surface area contributed by atoms with Crippen LogP contribution >= 0.6 is 0 Å². The van der Waals surface area contributed by atoms with Crippen LogP contribution in [0.15, 0.2) is 255 Å². The third-order valence-corrected chi connectivity index (χ3v) is 20.4. The molecule has 0 aliphatic rings. The smallest absolute Gasteiger partial charge is 0.227 e. The molecule has 10 nitrogen and oxygen atoms in total. The Morgan fingerprint density at radius 1 is 0.391 bits per heavy atom. The Balaban J connectivity index is 0.000000136. The second kappa shape index (κ2) is 30.1. The Morgan fingerprint density at radius 3 is 1.33 bits per heavy atom. The van der Waals surface area contributed by atoms with E-state index in [2.05, 4.69) is 103 Å². The summed E-state index contributed by atoms with van der Waals surface area (Å²) in [7, 11) is 7.62. The van der Waals surface area contributed by atoms with Gasteiger partial charge in [-0.25, -0.2) is 37.0 Å². The summed E-state index contributed by atoms with van der Waals surface area (Å²) in [6.07, 6.45) is 10.6. The van der Waals surface area contributed by atoms with Gasteiger partial charge in [0.1, 0.15) is 62.2 Å². The number of nitrogens with zero attached hydrogens (tertiary/aromatic N) is 6. The van der Waals surface area contributed by atoms with Gasteiger partial charge in [0.2, 0.25) is 34.2 Å². The fraction of sp³-hybridized carbons (Fsp3) is 0.204. The number of hydrogen-bond acceptors (Lipinski definition) is 6. The quantitative estimate of drug-likeness (QED) is 0.127. The van der Waals surface area contributed by atoms with E-state index in [-0.39, 0.29) is 17.5 Å². The molecule has 8 aromatic carbocycles. The molecule has 2 atom stereocenters. The van der Waals surface area contributed by atoms with E-state index >= 15 is 4.39 Å². The maximum atomic E-state index is 16.2. The van der Waals surface area contributed by atoms with E-state index in [0.717, 1.165) is 163 Å². The Bertz CT molecular complexity index is 7410. The van der Waals surface area contributed by atoms with Crippen molar-refractivity contribution in [3.8, 4) is 67.3 Å². The molecule has 0 bridgehead atoms. The number of pyridine rings is 6. The number of hydrogen-bond donors (Lipinski definition) is 0. The largest absolute Gasteiger partial charge is 0.455 e. The molecule has 12 heteroatoms. The lowest BCUT2D eigenvalue weighted by atomic mass is 9.90. The second-order valence-electron chi connectivity index (χ2n) is 28.2. The highest BCUT2D eigenvalue weighted by Gasteiger charge is 2.27. The molecule has 0 amide bonds. The summed E-state index contributed by atoms with van der Waals surface area (Å²) < 4.78 is 206. The van der Waals surface area contributed by atoms with Crippen LogP contribution in [0.1, 0.15) is 128 Å². The third-order valence-electron chi connectivity index (χ3n) is 20.4. The Hall–Kier alpha value is -12.3. The van der Waals surface area contributed by atoms with Crippen LogP contribution in [0.25, 0.3) is 155 Å². The number of benzene rings is 8. The maximum absolute atomic E-state index is 16.2. The van der Waals surface area contributed by atoms with Crippen molar-refractivity contribution in [3.05, 3.63) is 299 Å². The molecule has 0 aliphatic carbocycles. The molecule has 0 N–H and O–H groups in total. The summed E-state index contributed by atoms with van der Waals surface area (Å²) in [5, 5.41) is 8.16. The highest BCUT2D eigenvalue weighted by atomic mass is 19.1. The minimum absolute atomic E-state index is 0.0510. The minimum Gasteiger partial charge on any atom is -0.455 e. The van der Waals surface area contributed by atoms with E-state index in [1.165, 1.54) is 24.1 Å². The lowest BCUT2D eigenvalue weighted by Crippen LogP contribution is -2.31. The van der Waals surface area contributed by atoms with Crippen LogP contribution in [0.4, 0.5) is 8.78 Å². The van der Waals surface area contributed by atoms with Crippen molar-refractivity contribution in [2.75, 3.05) is 0 Å². The molecule has 0 radical (unpaired) electrons. The van der Waals surface area contributed by atoms with Crippen LogP contribution in [-0.2, 0) is 34.6 Å². The molecule has 2 unspecified atom stereocenters. The van der Waals surface area contributed by atoms with Gasteiger partial charge in [-0.1, -0.05) is 132 Å². The molecular weight excluding hydrogens is 1360 g/mol. The van der Waals surface area contributed by atoms with Gasteiger partial charge in [-0.15, -0.1) is 0 Å². The monoisotopic (exact) mass is 1470 g/mol. The number of para-hydroxylation sites is 2. The summed E-state index contributed by atoms with van der Waals surface area (Å²) in [5.41, 5.74) is 20.0. The molecule has 0 saturated heterocycles. The van der Waals surface area contributed by atoms with Gasteiger partial charge < -0.3 is 17.7 Å². The average Bonchev–Trinajstić information content (AvgIpc) is 0.747. The predicted octanol–water partition coefficient (Wildman–Crippen LogP) is 24.0. The summed E-state index contributed by atoms with van der Waals surface area (Å²) >= 11 is 0. The van der Waals surface area contributed by atoms with Crippen molar-refractivity contribution in [2.24, 2.45) is 34.1 Å². The lowest BCUT2D eigenvalue weighted by molar-refractivity contribution is -0.660. The SMILES string of the molecule is Cc1cc[n+](C)c(-c2c(C)ccc3c2oc2ncccc23)c1.[2H]C([2H])([2H])C([2H])(C)Cc1cc(-c2ccc(-c3c(C)ccc4c3oc3ccccc34)[n+](C)c2)ccc1F.[2H]C([2H])([2H])C([2H])(C)c1cc(-c2ccc(-c3c(C)ccc4c3oc3ccccc34)[n+](C)c2)cc(C([2H])(C([2H])([2H])[2H])C([2H])([2H])[2H])c1F.[2H]C([2H])([2H])c1ccc(-c2c(C)ccc3c2oc2ncccc23)[n+](C)c1. The average molecular weight is 1470 g/mol. The van der Waals surface area contributed by atoms with Gasteiger partial charge in [0, 0.05) is 127 Å². The van der Waals surface area contributed by atoms with E-state index in [1.807, 2.05) is 140 Å². The van der Waals surface area contributed by atoms with Crippen LogP contribution in [-0.4, -0.2) is 9.97 Å². The van der Waals surface area contributed by atoms with Gasteiger partial charge in [0.25, 0.3) is 0 Å². The van der Waals surface area contributed by atoms with Crippen molar-refractivity contribution in [2.45, 2.75) is 101 Å². The predicted molar refractivity (Wildman–Crippen MR) is 443 cm³/mol. The van der Waals surface area contributed by atoms with Gasteiger partial charge >= 0.3 is 0 Å². The van der Waals surface area contributed by atoms with Crippen LogP contribution < -0.4 is 18.3 Å². The fourth-order valence-electron chi connectivity index (χ4n) is 14.9. The molecule has 18 aromatic rings. The zero-order valence-corrected chi connectivity index (χ0v) is 62.8. The first-order valence-electron chi connectivity index (χ1n) is 45.0. The van der Waals surface area contributed by atoms with Crippen molar-refractivity contribution < 1.29 is 69.4 Å². The zero-order valence-electron chi connectivity index (χ0n) is 80.8. The number of aromatic nitrogens is 6. The fourth-order valence-corrected chi connectivity index (χ4v) is 14.9. The number of halogens is 2. The van der Waals surface area contributed by atoms with E-state index in [4.69, 9.17) is 42.3 Å². The molecule has 0 saturated carbocycles. The molecule has 10 aromatic heterocycles. The van der Waals surface area contributed by atoms with E-state index in [0.29, 0.717) is 28.1 Å². The maximum Gasteiger partial charge on any atom is 0.227 e. The summed E-state index contributed by atoms with van der Waals surface area (Å²) in [4.78, 5) is 8.65. The van der Waals surface area contributed by atoms with Gasteiger partial charge in [0.15, 0.2) is 36.0 Å². The number of rotatable bonds is 10. The first-order chi connectivity index (χ1) is 60.1. The number of fused-ring (bicyclic) bond motifs is 12.